The number of rotatable bonds is 5. The topological polar surface area (TPSA) is 51.3 Å². The SMILES string of the molecule is CCCOc1c[nH]c(C)c1.CCOC=O. The monoisotopic (exact) mass is 213 g/mol. The highest BCUT2D eigenvalue weighted by Crippen LogP contribution is 2.10. The van der Waals surface area contributed by atoms with Crippen molar-refractivity contribution in [1.82, 2.24) is 4.98 Å². The van der Waals surface area contributed by atoms with Crippen LogP contribution in [0.25, 0.3) is 0 Å². The van der Waals surface area contributed by atoms with E-state index in [0.29, 0.717) is 13.1 Å². The highest BCUT2D eigenvalue weighted by Gasteiger charge is 1.92. The third-order valence-electron chi connectivity index (χ3n) is 1.51. The van der Waals surface area contributed by atoms with Gasteiger partial charge in [-0.2, -0.15) is 0 Å². The van der Waals surface area contributed by atoms with Gasteiger partial charge in [0.2, 0.25) is 0 Å². The predicted octanol–water partition coefficient (Wildman–Crippen LogP) is 2.29. The van der Waals surface area contributed by atoms with Crippen LogP contribution in [0.5, 0.6) is 5.75 Å². The molecule has 0 aromatic carbocycles. The van der Waals surface area contributed by atoms with Gasteiger partial charge in [-0.3, -0.25) is 4.79 Å². The Morgan fingerprint density at radius 3 is 2.53 bits per heavy atom. The lowest BCUT2D eigenvalue weighted by atomic mass is 10.5. The second-order valence-corrected chi connectivity index (χ2v) is 2.92. The molecule has 0 aliphatic rings. The van der Waals surface area contributed by atoms with Crippen LogP contribution in [0.4, 0.5) is 0 Å². The lowest BCUT2D eigenvalue weighted by molar-refractivity contribution is -0.128. The largest absolute Gasteiger partial charge is 0.492 e. The lowest BCUT2D eigenvalue weighted by Gasteiger charge is -1.97. The van der Waals surface area contributed by atoms with Gasteiger partial charge in [-0.15, -0.1) is 0 Å². The molecule has 4 heteroatoms. The summed E-state index contributed by atoms with van der Waals surface area (Å²) in [6.07, 6.45) is 2.94. The van der Waals surface area contributed by atoms with Crippen molar-refractivity contribution in [3.8, 4) is 5.75 Å². The first kappa shape index (κ1) is 13.5. The Bertz CT molecular complexity index is 258. The molecule has 0 fully saturated rings. The molecule has 1 rings (SSSR count). The molecule has 0 amide bonds. The molecule has 15 heavy (non-hydrogen) atoms. The molecule has 0 saturated carbocycles. The summed E-state index contributed by atoms with van der Waals surface area (Å²) in [7, 11) is 0. The van der Waals surface area contributed by atoms with Crippen molar-refractivity contribution >= 4 is 6.47 Å². The van der Waals surface area contributed by atoms with E-state index in [9.17, 15) is 4.79 Å². The van der Waals surface area contributed by atoms with Gasteiger partial charge in [0.05, 0.1) is 13.2 Å². The smallest absolute Gasteiger partial charge is 0.293 e. The van der Waals surface area contributed by atoms with Crippen LogP contribution in [0.3, 0.4) is 0 Å². The number of hydrogen-bond acceptors (Lipinski definition) is 3. The van der Waals surface area contributed by atoms with Gasteiger partial charge in [0.25, 0.3) is 6.47 Å². The first-order valence-electron chi connectivity index (χ1n) is 5.07. The third-order valence-corrected chi connectivity index (χ3v) is 1.51. The van der Waals surface area contributed by atoms with E-state index >= 15 is 0 Å². The Kier molecular flexibility index (Phi) is 8.24. The zero-order valence-electron chi connectivity index (χ0n) is 9.58. The van der Waals surface area contributed by atoms with Crippen molar-refractivity contribution in [2.75, 3.05) is 13.2 Å². The van der Waals surface area contributed by atoms with E-state index in [1.54, 1.807) is 6.92 Å². The van der Waals surface area contributed by atoms with E-state index in [4.69, 9.17) is 4.74 Å². The van der Waals surface area contributed by atoms with Crippen molar-refractivity contribution in [2.24, 2.45) is 0 Å². The fourth-order valence-corrected chi connectivity index (χ4v) is 0.853. The van der Waals surface area contributed by atoms with Crippen LogP contribution in [0, 0.1) is 6.92 Å². The van der Waals surface area contributed by atoms with E-state index in [0.717, 1.165) is 24.5 Å². The number of ether oxygens (including phenoxy) is 2. The van der Waals surface area contributed by atoms with Crippen molar-refractivity contribution in [1.29, 1.82) is 0 Å². The number of nitrogens with one attached hydrogen (secondary N) is 1. The van der Waals surface area contributed by atoms with Crippen LogP contribution in [-0.2, 0) is 9.53 Å². The zero-order chi connectivity index (χ0) is 11.5. The second-order valence-electron chi connectivity index (χ2n) is 2.92. The van der Waals surface area contributed by atoms with E-state index in [1.165, 1.54) is 0 Å². The van der Waals surface area contributed by atoms with Gasteiger partial charge in [0.1, 0.15) is 5.75 Å². The van der Waals surface area contributed by atoms with Crippen LogP contribution in [-0.4, -0.2) is 24.7 Å². The zero-order valence-corrected chi connectivity index (χ0v) is 9.58. The number of aromatic nitrogens is 1. The molecule has 0 atom stereocenters. The maximum absolute atomic E-state index is 9.18. The van der Waals surface area contributed by atoms with Gasteiger partial charge in [-0.05, 0) is 20.3 Å². The number of aromatic amines is 1. The Hall–Kier alpha value is -1.45. The Labute approximate surface area is 90.6 Å². The van der Waals surface area contributed by atoms with Crippen LogP contribution >= 0.6 is 0 Å². The number of aryl methyl sites for hydroxylation is 1. The molecule has 1 aromatic heterocycles. The minimum absolute atomic E-state index is 0.431. The van der Waals surface area contributed by atoms with Crippen LogP contribution in [0.1, 0.15) is 26.0 Å². The predicted molar refractivity (Wildman–Crippen MR) is 59.0 cm³/mol. The third kappa shape index (κ3) is 7.61. The van der Waals surface area contributed by atoms with Crippen molar-refractivity contribution in [2.45, 2.75) is 27.2 Å². The molecule has 0 saturated heterocycles. The maximum atomic E-state index is 9.18. The van der Waals surface area contributed by atoms with Gasteiger partial charge in [-0.1, -0.05) is 6.92 Å². The minimum atomic E-state index is 0.431. The molecule has 1 N–H and O–H groups in total. The summed E-state index contributed by atoms with van der Waals surface area (Å²) in [5, 5.41) is 0. The average molecular weight is 213 g/mol. The van der Waals surface area contributed by atoms with Gasteiger partial charge in [0, 0.05) is 18.0 Å². The molecule has 1 heterocycles. The Balaban J connectivity index is 0.000000336. The summed E-state index contributed by atoms with van der Waals surface area (Å²) >= 11 is 0. The highest BCUT2D eigenvalue weighted by molar-refractivity contribution is 5.36. The molecule has 0 spiro atoms. The molecule has 0 unspecified atom stereocenters. The molecule has 0 bridgehead atoms. The first-order valence-corrected chi connectivity index (χ1v) is 5.07. The molecular weight excluding hydrogens is 194 g/mol. The number of hydrogen-bond donors (Lipinski definition) is 1. The molecule has 86 valence electrons. The maximum Gasteiger partial charge on any atom is 0.293 e. The van der Waals surface area contributed by atoms with Crippen molar-refractivity contribution in [3.05, 3.63) is 18.0 Å². The number of H-pyrrole nitrogens is 1. The number of carbonyl (C=O) groups excluding carboxylic acids is 1. The van der Waals surface area contributed by atoms with E-state index in [1.807, 2.05) is 19.2 Å². The van der Waals surface area contributed by atoms with Crippen LogP contribution in [0.2, 0.25) is 0 Å². The minimum Gasteiger partial charge on any atom is -0.492 e. The van der Waals surface area contributed by atoms with Crippen LogP contribution in [0.15, 0.2) is 12.3 Å². The first-order chi connectivity index (χ1) is 7.24. The summed E-state index contributed by atoms with van der Waals surface area (Å²) in [5.41, 5.74) is 1.14. The average Bonchev–Trinajstić information content (AvgIpc) is 2.63. The van der Waals surface area contributed by atoms with Crippen molar-refractivity contribution < 1.29 is 14.3 Å². The summed E-state index contributed by atoms with van der Waals surface area (Å²) in [4.78, 5) is 12.2. The summed E-state index contributed by atoms with van der Waals surface area (Å²) in [6.45, 7) is 7.58. The van der Waals surface area contributed by atoms with Gasteiger partial charge in [0.15, 0.2) is 0 Å². The number of carbonyl (C=O) groups is 1. The highest BCUT2D eigenvalue weighted by atomic mass is 16.5. The Morgan fingerprint density at radius 2 is 2.20 bits per heavy atom. The van der Waals surface area contributed by atoms with Gasteiger partial charge in [-0.25, -0.2) is 0 Å². The fraction of sp³-hybridized carbons (Fsp3) is 0.545. The van der Waals surface area contributed by atoms with E-state index in [2.05, 4.69) is 16.6 Å². The molecular formula is C11H19NO3. The molecule has 0 aliphatic heterocycles. The Morgan fingerprint density at radius 1 is 1.47 bits per heavy atom. The van der Waals surface area contributed by atoms with Crippen molar-refractivity contribution in [3.63, 3.8) is 0 Å². The fourth-order valence-electron chi connectivity index (χ4n) is 0.853. The van der Waals surface area contributed by atoms with Crippen LogP contribution < -0.4 is 4.74 Å². The summed E-state index contributed by atoms with van der Waals surface area (Å²) in [5.74, 6) is 0.944. The second kappa shape index (κ2) is 9.12. The van der Waals surface area contributed by atoms with Gasteiger partial charge >= 0.3 is 0 Å². The molecule has 1 aromatic rings. The molecule has 0 aliphatic carbocycles. The van der Waals surface area contributed by atoms with Gasteiger partial charge < -0.3 is 14.5 Å². The standard InChI is InChI=1S/C8H13NO.C3H6O2/c1-3-4-10-8-5-7(2)9-6-8;1-2-5-3-4/h5-6,9H,3-4H2,1-2H3;3H,2H2,1H3. The normalized spacial score (nSPS) is 8.73. The molecule has 4 nitrogen and oxygen atoms in total. The van der Waals surface area contributed by atoms with E-state index < -0.39 is 0 Å². The lowest BCUT2D eigenvalue weighted by Crippen LogP contribution is -1.92. The van der Waals surface area contributed by atoms with E-state index in [-0.39, 0.29) is 0 Å². The summed E-state index contributed by atoms with van der Waals surface area (Å²) in [6, 6.07) is 2.00. The summed E-state index contributed by atoms with van der Waals surface area (Å²) < 4.78 is 9.50. The molecule has 0 radical (unpaired) electrons. The quantitative estimate of drug-likeness (QED) is 0.763.